The van der Waals surface area contributed by atoms with Gasteiger partial charge in [-0.05, 0) is 27.7 Å². The summed E-state index contributed by atoms with van der Waals surface area (Å²) in [5.41, 5.74) is -1.38. The highest BCUT2D eigenvalue weighted by Gasteiger charge is 2.35. The van der Waals surface area contributed by atoms with Crippen LogP contribution in [0.25, 0.3) is 0 Å². The van der Waals surface area contributed by atoms with E-state index in [9.17, 15) is 29.4 Å². The highest BCUT2D eigenvalue weighted by Crippen LogP contribution is 2.24. The van der Waals surface area contributed by atoms with Crippen molar-refractivity contribution in [2.24, 2.45) is 11.8 Å². The number of hydrogen-bond acceptors (Lipinski definition) is 6. The van der Waals surface area contributed by atoms with Gasteiger partial charge in [0.05, 0.1) is 36.2 Å². The van der Waals surface area contributed by atoms with Crippen molar-refractivity contribution in [2.45, 2.75) is 27.7 Å². The Morgan fingerprint density at radius 1 is 0.773 bits per heavy atom. The lowest BCUT2D eigenvalue weighted by atomic mass is 9.88. The van der Waals surface area contributed by atoms with Crippen molar-refractivity contribution in [2.75, 3.05) is 13.2 Å². The molecule has 0 aliphatic heterocycles. The number of rotatable bonds is 8. The third-order valence-corrected chi connectivity index (χ3v) is 2.90. The number of carboxylic acids is 2. The van der Waals surface area contributed by atoms with Crippen LogP contribution in [0.15, 0.2) is 11.1 Å². The molecule has 2 N–H and O–H groups in total. The van der Waals surface area contributed by atoms with Crippen molar-refractivity contribution in [3.63, 3.8) is 0 Å². The van der Waals surface area contributed by atoms with E-state index in [4.69, 9.17) is 9.47 Å². The summed E-state index contributed by atoms with van der Waals surface area (Å²) in [6.07, 6.45) is 0. The molecule has 0 spiro atoms. The quantitative estimate of drug-likeness (QED) is 0.498. The number of carbonyl (C=O) groups excluding carboxylic acids is 2. The van der Waals surface area contributed by atoms with E-state index < -0.39 is 46.9 Å². The summed E-state index contributed by atoms with van der Waals surface area (Å²) in [5, 5.41) is 18.5. The maximum Gasteiger partial charge on any atom is 0.333 e. The van der Waals surface area contributed by atoms with Crippen LogP contribution in [0.4, 0.5) is 0 Å². The minimum absolute atomic E-state index is 0.0197. The lowest BCUT2D eigenvalue weighted by Gasteiger charge is -2.18. The first kappa shape index (κ1) is 19.6. The standard InChI is InChI=1S/C14H20O8/c1-5-21-13(19)7(3)9(11(15)16)10(12(17)18)8(4)14(20)22-6-2/h7-8H,5-6H2,1-4H3,(H,15,16)(H,17,18)/b10-9+. The number of esters is 2. The average molecular weight is 316 g/mol. The molecule has 0 rings (SSSR count). The second-order valence-electron chi connectivity index (χ2n) is 4.39. The fourth-order valence-corrected chi connectivity index (χ4v) is 1.84. The Bertz CT molecular complexity index is 447. The fourth-order valence-electron chi connectivity index (χ4n) is 1.84. The third-order valence-electron chi connectivity index (χ3n) is 2.90. The van der Waals surface area contributed by atoms with Crippen molar-refractivity contribution in [3.8, 4) is 0 Å². The molecule has 0 fully saturated rings. The molecule has 124 valence electrons. The van der Waals surface area contributed by atoms with Crippen LogP contribution in [-0.4, -0.2) is 47.3 Å². The van der Waals surface area contributed by atoms with Gasteiger partial charge in [-0.3, -0.25) is 9.59 Å². The molecule has 0 heterocycles. The molecule has 2 unspecified atom stereocenters. The minimum Gasteiger partial charge on any atom is -0.478 e. The van der Waals surface area contributed by atoms with Gasteiger partial charge in [-0.2, -0.15) is 0 Å². The molecule has 0 radical (unpaired) electrons. The molecule has 0 saturated carbocycles. The summed E-state index contributed by atoms with van der Waals surface area (Å²) < 4.78 is 9.41. The molecule has 0 amide bonds. The normalized spacial score (nSPS) is 14.4. The van der Waals surface area contributed by atoms with Crippen molar-refractivity contribution in [1.29, 1.82) is 0 Å². The summed E-state index contributed by atoms with van der Waals surface area (Å²) in [7, 11) is 0. The monoisotopic (exact) mass is 316 g/mol. The molecule has 22 heavy (non-hydrogen) atoms. The van der Waals surface area contributed by atoms with Gasteiger partial charge in [0.25, 0.3) is 0 Å². The predicted octanol–water partition coefficient (Wildman–Crippen LogP) is 0.851. The lowest BCUT2D eigenvalue weighted by molar-refractivity contribution is -0.150. The first-order valence-electron chi connectivity index (χ1n) is 6.72. The Hall–Kier alpha value is -2.38. The lowest BCUT2D eigenvalue weighted by Crippen LogP contribution is -2.30. The van der Waals surface area contributed by atoms with Crippen LogP contribution >= 0.6 is 0 Å². The van der Waals surface area contributed by atoms with E-state index in [1.807, 2.05) is 0 Å². The van der Waals surface area contributed by atoms with Crippen LogP contribution < -0.4 is 0 Å². The average Bonchev–Trinajstić information content (AvgIpc) is 2.42. The molecule has 0 aliphatic rings. The zero-order chi connectivity index (χ0) is 17.4. The Balaban J connectivity index is 5.97. The van der Waals surface area contributed by atoms with E-state index in [1.54, 1.807) is 0 Å². The highest BCUT2D eigenvalue weighted by atomic mass is 16.5. The second kappa shape index (κ2) is 8.81. The molecule has 0 aliphatic carbocycles. The Kier molecular flexibility index (Phi) is 7.85. The first-order chi connectivity index (χ1) is 10.2. The van der Waals surface area contributed by atoms with Crippen molar-refractivity contribution in [3.05, 3.63) is 11.1 Å². The van der Waals surface area contributed by atoms with Crippen LogP contribution in [0.2, 0.25) is 0 Å². The van der Waals surface area contributed by atoms with Crippen LogP contribution in [0, 0.1) is 11.8 Å². The maximum atomic E-state index is 11.7. The third kappa shape index (κ3) is 4.87. The number of ether oxygens (including phenoxy) is 2. The number of hydrogen-bond donors (Lipinski definition) is 2. The number of aliphatic carboxylic acids is 2. The summed E-state index contributed by atoms with van der Waals surface area (Å²) in [6.45, 7) is 5.53. The van der Waals surface area contributed by atoms with Crippen LogP contribution in [0.3, 0.4) is 0 Å². The van der Waals surface area contributed by atoms with Gasteiger partial charge in [-0.15, -0.1) is 0 Å². The van der Waals surface area contributed by atoms with E-state index in [2.05, 4.69) is 0 Å². The largest absolute Gasteiger partial charge is 0.478 e. The van der Waals surface area contributed by atoms with Gasteiger partial charge in [-0.25, -0.2) is 9.59 Å². The number of carboxylic acid groups (broad SMARTS) is 2. The van der Waals surface area contributed by atoms with Gasteiger partial charge in [-0.1, -0.05) is 0 Å². The van der Waals surface area contributed by atoms with Crippen molar-refractivity contribution >= 4 is 23.9 Å². The predicted molar refractivity (Wildman–Crippen MR) is 73.9 cm³/mol. The van der Waals surface area contributed by atoms with E-state index in [0.29, 0.717) is 0 Å². The Morgan fingerprint density at radius 3 is 1.23 bits per heavy atom. The first-order valence-corrected chi connectivity index (χ1v) is 6.72. The van der Waals surface area contributed by atoms with Gasteiger partial charge in [0.1, 0.15) is 0 Å². The molecule has 8 nitrogen and oxygen atoms in total. The Labute approximate surface area is 127 Å². The fraction of sp³-hybridized carbons (Fsp3) is 0.571. The molecular formula is C14H20O8. The molecule has 0 bridgehead atoms. The smallest absolute Gasteiger partial charge is 0.333 e. The SMILES string of the molecule is CCOC(=O)C(C)/C(C(=O)O)=C(\C(=O)O)C(C)C(=O)OCC. The maximum absolute atomic E-state index is 11.7. The molecule has 0 aromatic carbocycles. The van der Waals surface area contributed by atoms with E-state index >= 15 is 0 Å². The second-order valence-corrected chi connectivity index (χ2v) is 4.39. The molecular weight excluding hydrogens is 296 g/mol. The molecule has 8 heteroatoms. The van der Waals surface area contributed by atoms with Crippen molar-refractivity contribution in [1.82, 2.24) is 0 Å². The summed E-state index contributed by atoms with van der Waals surface area (Å²) in [5.74, 6) is -7.63. The molecule has 0 aromatic rings. The van der Waals surface area contributed by atoms with Gasteiger partial charge >= 0.3 is 23.9 Å². The summed E-state index contributed by atoms with van der Waals surface area (Å²) >= 11 is 0. The Morgan fingerprint density at radius 2 is 1.05 bits per heavy atom. The van der Waals surface area contributed by atoms with Crippen LogP contribution in [-0.2, 0) is 28.7 Å². The number of carbonyl (C=O) groups is 4. The van der Waals surface area contributed by atoms with Crippen LogP contribution in [0.1, 0.15) is 27.7 Å². The van der Waals surface area contributed by atoms with E-state index in [-0.39, 0.29) is 13.2 Å². The minimum atomic E-state index is -1.60. The zero-order valence-corrected chi connectivity index (χ0v) is 12.9. The molecule has 2 atom stereocenters. The van der Waals surface area contributed by atoms with Gasteiger partial charge in [0.15, 0.2) is 0 Å². The van der Waals surface area contributed by atoms with E-state index in [0.717, 1.165) is 0 Å². The molecule has 0 saturated heterocycles. The van der Waals surface area contributed by atoms with Crippen molar-refractivity contribution < 1.29 is 38.9 Å². The molecule has 0 aromatic heterocycles. The van der Waals surface area contributed by atoms with Crippen LogP contribution in [0.5, 0.6) is 0 Å². The summed E-state index contributed by atoms with van der Waals surface area (Å²) in [4.78, 5) is 46.2. The topological polar surface area (TPSA) is 127 Å². The van der Waals surface area contributed by atoms with Gasteiger partial charge in [0.2, 0.25) is 0 Å². The van der Waals surface area contributed by atoms with Gasteiger partial charge < -0.3 is 19.7 Å². The van der Waals surface area contributed by atoms with E-state index in [1.165, 1.54) is 27.7 Å². The van der Waals surface area contributed by atoms with Gasteiger partial charge in [0, 0.05) is 0 Å². The summed E-state index contributed by atoms with van der Waals surface area (Å²) in [6, 6.07) is 0. The zero-order valence-electron chi connectivity index (χ0n) is 12.9. The highest BCUT2D eigenvalue weighted by molar-refractivity contribution is 6.05.